The Morgan fingerprint density at radius 3 is 2.67 bits per heavy atom. The minimum absolute atomic E-state index is 0.00421. The smallest absolute Gasteiger partial charge is 0.244 e. The first-order chi connectivity index (χ1) is 10.2. The van der Waals surface area contributed by atoms with E-state index in [9.17, 15) is 4.79 Å². The van der Waals surface area contributed by atoms with Crippen molar-refractivity contribution in [2.45, 2.75) is 56.8 Å². The Morgan fingerprint density at radius 1 is 1.29 bits per heavy atom. The molecular weight excluding hydrogens is 262 g/mol. The molecule has 2 fully saturated rings. The summed E-state index contributed by atoms with van der Waals surface area (Å²) in [7, 11) is 0. The number of rotatable bonds is 4. The van der Waals surface area contributed by atoms with Crippen molar-refractivity contribution in [3.63, 3.8) is 0 Å². The van der Waals surface area contributed by atoms with Crippen LogP contribution in [0.15, 0.2) is 30.3 Å². The first-order valence-corrected chi connectivity index (χ1v) is 7.75. The number of carbonyl (C=O) groups is 1. The Morgan fingerprint density at radius 2 is 2.00 bits per heavy atom. The Bertz CT molecular complexity index is 543. The fourth-order valence-electron chi connectivity index (χ4n) is 3.60. The van der Waals surface area contributed by atoms with E-state index in [0.29, 0.717) is 19.4 Å². The van der Waals surface area contributed by atoms with Crippen molar-refractivity contribution in [2.75, 3.05) is 0 Å². The Balaban J connectivity index is 1.80. The van der Waals surface area contributed by atoms with Crippen LogP contribution < -0.4 is 5.32 Å². The molecule has 4 heteroatoms. The van der Waals surface area contributed by atoms with E-state index in [0.717, 1.165) is 31.2 Å². The lowest BCUT2D eigenvalue weighted by atomic mass is 9.98. The highest BCUT2D eigenvalue weighted by molar-refractivity contribution is 5.89. The van der Waals surface area contributed by atoms with Gasteiger partial charge in [-0.3, -0.25) is 10.1 Å². The maximum atomic E-state index is 12.9. The molecule has 1 aromatic carbocycles. The molecule has 1 amide bonds. The second-order valence-corrected chi connectivity index (χ2v) is 6.06. The summed E-state index contributed by atoms with van der Waals surface area (Å²) in [6.45, 7) is 0.629. The maximum absolute atomic E-state index is 12.9. The van der Waals surface area contributed by atoms with Gasteiger partial charge in [0.05, 0.1) is 17.8 Å². The predicted octanol–water partition coefficient (Wildman–Crippen LogP) is 2.56. The van der Waals surface area contributed by atoms with Crippen LogP contribution in [0.2, 0.25) is 0 Å². The van der Waals surface area contributed by atoms with Gasteiger partial charge in [0.25, 0.3) is 0 Å². The van der Waals surface area contributed by atoms with Crippen molar-refractivity contribution in [2.24, 2.45) is 0 Å². The van der Waals surface area contributed by atoms with Gasteiger partial charge in [-0.25, -0.2) is 0 Å². The van der Waals surface area contributed by atoms with E-state index in [4.69, 9.17) is 5.26 Å². The van der Waals surface area contributed by atoms with Crippen LogP contribution in [0.1, 0.15) is 44.1 Å². The standard InChI is InChI=1S/C17H21N3O/c18-12-6-9-15-19-17(10-4-5-11-17)16(21)20(15)13-14-7-2-1-3-8-14/h1-3,7-8,15,19H,4-6,9-11,13H2. The third-order valence-electron chi connectivity index (χ3n) is 4.67. The van der Waals surface area contributed by atoms with Crippen LogP contribution in [0.25, 0.3) is 0 Å². The molecule has 3 rings (SSSR count). The minimum Gasteiger partial charge on any atom is -0.321 e. The molecule has 1 aliphatic heterocycles. The van der Waals surface area contributed by atoms with Gasteiger partial charge in [0.2, 0.25) is 5.91 Å². The molecule has 1 aromatic rings. The number of benzene rings is 1. The molecule has 1 N–H and O–H groups in total. The molecule has 0 aromatic heterocycles. The van der Waals surface area contributed by atoms with E-state index in [1.807, 2.05) is 35.2 Å². The summed E-state index contributed by atoms with van der Waals surface area (Å²) < 4.78 is 0. The van der Waals surface area contributed by atoms with Crippen LogP contribution in [-0.2, 0) is 11.3 Å². The Kier molecular flexibility index (Phi) is 3.94. The number of hydrogen-bond donors (Lipinski definition) is 1. The van der Waals surface area contributed by atoms with Crippen LogP contribution in [0.3, 0.4) is 0 Å². The zero-order valence-corrected chi connectivity index (χ0v) is 12.2. The third-order valence-corrected chi connectivity index (χ3v) is 4.67. The van der Waals surface area contributed by atoms with Gasteiger partial charge in [-0.1, -0.05) is 43.2 Å². The maximum Gasteiger partial charge on any atom is 0.244 e. The zero-order chi connectivity index (χ0) is 14.7. The van der Waals surface area contributed by atoms with Crippen molar-refractivity contribution in [1.29, 1.82) is 5.26 Å². The number of nitriles is 1. The second kappa shape index (κ2) is 5.87. The number of hydrogen-bond acceptors (Lipinski definition) is 3. The molecule has 1 saturated carbocycles. The van der Waals surface area contributed by atoms with Gasteiger partial charge in [0.15, 0.2) is 0 Å². The normalized spacial score (nSPS) is 23.7. The quantitative estimate of drug-likeness (QED) is 0.924. The van der Waals surface area contributed by atoms with E-state index in [1.54, 1.807) is 0 Å². The highest BCUT2D eigenvalue weighted by atomic mass is 16.2. The van der Waals surface area contributed by atoms with Gasteiger partial charge in [-0.15, -0.1) is 0 Å². The summed E-state index contributed by atoms with van der Waals surface area (Å²) in [5.74, 6) is 0.229. The van der Waals surface area contributed by atoms with Gasteiger partial charge in [-0.2, -0.15) is 5.26 Å². The van der Waals surface area contributed by atoms with Gasteiger partial charge >= 0.3 is 0 Å². The van der Waals surface area contributed by atoms with E-state index in [-0.39, 0.29) is 17.6 Å². The molecule has 1 saturated heterocycles. The molecule has 1 heterocycles. The molecule has 0 bridgehead atoms. The molecule has 110 valence electrons. The Labute approximate surface area is 125 Å². The van der Waals surface area contributed by atoms with Crippen LogP contribution >= 0.6 is 0 Å². The van der Waals surface area contributed by atoms with Gasteiger partial charge < -0.3 is 4.90 Å². The van der Waals surface area contributed by atoms with Crippen molar-refractivity contribution >= 4 is 5.91 Å². The largest absolute Gasteiger partial charge is 0.321 e. The molecule has 1 aliphatic carbocycles. The lowest BCUT2D eigenvalue weighted by Crippen LogP contribution is -2.44. The van der Waals surface area contributed by atoms with Gasteiger partial charge in [0, 0.05) is 13.0 Å². The number of amides is 1. The average Bonchev–Trinajstić information content (AvgIpc) is 3.08. The summed E-state index contributed by atoms with van der Waals surface area (Å²) in [4.78, 5) is 14.8. The molecule has 2 aliphatic rings. The first kappa shape index (κ1) is 14.1. The summed E-state index contributed by atoms with van der Waals surface area (Å²) >= 11 is 0. The monoisotopic (exact) mass is 283 g/mol. The van der Waals surface area contributed by atoms with Crippen LogP contribution in [0, 0.1) is 11.3 Å². The molecule has 21 heavy (non-hydrogen) atoms. The van der Waals surface area contributed by atoms with Gasteiger partial charge in [0.1, 0.15) is 0 Å². The fourth-order valence-corrected chi connectivity index (χ4v) is 3.60. The minimum atomic E-state index is -0.352. The summed E-state index contributed by atoms with van der Waals surface area (Å²) in [5.41, 5.74) is 0.791. The molecule has 1 atom stereocenters. The Hall–Kier alpha value is -1.86. The summed E-state index contributed by atoms with van der Waals surface area (Å²) in [6.07, 6.45) is 5.27. The van der Waals surface area contributed by atoms with Crippen molar-refractivity contribution in [3.05, 3.63) is 35.9 Å². The highest BCUT2D eigenvalue weighted by Crippen LogP contribution is 2.37. The van der Waals surface area contributed by atoms with Crippen molar-refractivity contribution in [3.8, 4) is 6.07 Å². The van der Waals surface area contributed by atoms with Gasteiger partial charge in [-0.05, 0) is 24.8 Å². The number of carbonyl (C=O) groups excluding carboxylic acids is 1. The van der Waals surface area contributed by atoms with Crippen molar-refractivity contribution < 1.29 is 4.79 Å². The van der Waals surface area contributed by atoms with E-state index in [2.05, 4.69) is 11.4 Å². The topological polar surface area (TPSA) is 56.1 Å². The van der Waals surface area contributed by atoms with E-state index < -0.39 is 0 Å². The third kappa shape index (κ3) is 2.66. The molecule has 1 spiro atoms. The first-order valence-electron chi connectivity index (χ1n) is 7.75. The predicted molar refractivity (Wildman–Crippen MR) is 80.0 cm³/mol. The second-order valence-electron chi connectivity index (χ2n) is 6.06. The fraction of sp³-hybridized carbons (Fsp3) is 0.529. The highest BCUT2D eigenvalue weighted by Gasteiger charge is 2.51. The number of nitrogens with zero attached hydrogens (tertiary/aromatic N) is 2. The van der Waals surface area contributed by atoms with Crippen LogP contribution in [-0.4, -0.2) is 22.5 Å². The molecular formula is C17H21N3O. The van der Waals surface area contributed by atoms with Crippen LogP contribution in [0.5, 0.6) is 0 Å². The SMILES string of the molecule is N#CCCC1NC2(CCCC2)C(=O)N1Cc1ccccc1. The number of nitrogens with one attached hydrogen (secondary N) is 1. The molecule has 0 radical (unpaired) electrons. The van der Waals surface area contributed by atoms with Crippen molar-refractivity contribution in [1.82, 2.24) is 10.2 Å². The lowest BCUT2D eigenvalue weighted by Gasteiger charge is -2.23. The molecule has 1 unspecified atom stereocenters. The summed E-state index contributed by atoms with van der Waals surface area (Å²) in [6, 6.07) is 12.3. The van der Waals surface area contributed by atoms with Crippen LogP contribution in [0.4, 0.5) is 0 Å². The molecule has 4 nitrogen and oxygen atoms in total. The summed E-state index contributed by atoms with van der Waals surface area (Å²) in [5, 5.41) is 12.4. The average molecular weight is 283 g/mol. The van der Waals surface area contributed by atoms with E-state index >= 15 is 0 Å². The van der Waals surface area contributed by atoms with E-state index in [1.165, 1.54) is 0 Å². The zero-order valence-electron chi connectivity index (χ0n) is 12.2. The lowest BCUT2D eigenvalue weighted by molar-refractivity contribution is -0.133.